The minimum atomic E-state index is -0.775. The number of carboxylic acids is 1. The van der Waals surface area contributed by atoms with E-state index in [2.05, 4.69) is 0 Å². The van der Waals surface area contributed by atoms with Crippen molar-refractivity contribution in [3.63, 3.8) is 0 Å². The Labute approximate surface area is 64.4 Å². The van der Waals surface area contributed by atoms with E-state index in [1.807, 2.05) is 0 Å². The molecule has 0 heterocycles. The van der Waals surface area contributed by atoms with Crippen LogP contribution in [0.5, 0.6) is 0 Å². The number of nitrogens with two attached hydrogens (primary N) is 1. The van der Waals surface area contributed by atoms with Crippen molar-refractivity contribution in [1.82, 2.24) is 0 Å². The molecule has 0 unspecified atom stereocenters. The molecule has 3 nitrogen and oxygen atoms in total. The minimum Gasteiger partial charge on any atom is -0.481 e. The van der Waals surface area contributed by atoms with Gasteiger partial charge in [-0.1, -0.05) is 0 Å². The summed E-state index contributed by atoms with van der Waals surface area (Å²) in [7, 11) is 0. The Balaban J connectivity index is 0. The molecule has 0 aromatic heterocycles. The van der Waals surface area contributed by atoms with E-state index < -0.39 is 5.97 Å². The molecule has 0 saturated carbocycles. The first-order chi connectivity index (χ1) is 3.77. The zero-order valence-corrected chi connectivity index (χ0v) is 6.50. The Morgan fingerprint density at radius 1 is 1.67 bits per heavy atom. The summed E-state index contributed by atoms with van der Waals surface area (Å²) in [6, 6.07) is 0. The van der Waals surface area contributed by atoms with Gasteiger partial charge in [0.05, 0.1) is 5.75 Å². The highest BCUT2D eigenvalue weighted by Gasteiger charge is 1.93. The van der Waals surface area contributed by atoms with Gasteiger partial charge >= 0.3 is 5.97 Å². The Kier molecular flexibility index (Phi) is 10.6. The largest absolute Gasteiger partial charge is 0.481 e. The van der Waals surface area contributed by atoms with Crippen LogP contribution in [0.2, 0.25) is 0 Å². The van der Waals surface area contributed by atoms with Gasteiger partial charge < -0.3 is 10.8 Å². The number of aliphatic carboxylic acids is 1. The molecule has 0 amide bonds. The molecular weight excluding hydrogens is 162 g/mol. The van der Waals surface area contributed by atoms with Crippen LogP contribution in [-0.2, 0) is 4.79 Å². The van der Waals surface area contributed by atoms with Crippen LogP contribution in [0.3, 0.4) is 0 Å². The topological polar surface area (TPSA) is 63.3 Å². The highest BCUT2D eigenvalue weighted by atomic mass is 35.5. The number of thioether (sulfide) groups is 1. The van der Waals surface area contributed by atoms with E-state index in [0.29, 0.717) is 6.54 Å². The summed E-state index contributed by atoms with van der Waals surface area (Å²) in [5, 5.41) is 8.08. The van der Waals surface area contributed by atoms with Crippen molar-refractivity contribution in [3.05, 3.63) is 0 Å². The number of rotatable bonds is 4. The lowest BCUT2D eigenvalue weighted by molar-refractivity contribution is -0.133. The quantitative estimate of drug-likeness (QED) is 0.593. The minimum absolute atomic E-state index is 0. The molecule has 0 aromatic carbocycles. The van der Waals surface area contributed by atoms with E-state index >= 15 is 0 Å². The molecule has 0 aliphatic heterocycles. The van der Waals surface area contributed by atoms with E-state index in [1.165, 1.54) is 11.8 Å². The van der Waals surface area contributed by atoms with Gasteiger partial charge in [-0.15, -0.1) is 24.2 Å². The Hall–Kier alpha value is 0.0700. The molecule has 0 saturated heterocycles. The number of halogens is 1. The van der Waals surface area contributed by atoms with Crippen LogP contribution < -0.4 is 5.73 Å². The molecule has 0 fully saturated rings. The van der Waals surface area contributed by atoms with E-state index in [4.69, 9.17) is 10.8 Å². The molecule has 9 heavy (non-hydrogen) atoms. The molecule has 56 valence electrons. The third kappa shape index (κ3) is 11.6. The summed E-state index contributed by atoms with van der Waals surface area (Å²) < 4.78 is 0. The van der Waals surface area contributed by atoms with Gasteiger partial charge in [0, 0.05) is 12.3 Å². The van der Waals surface area contributed by atoms with Crippen molar-refractivity contribution in [2.45, 2.75) is 0 Å². The van der Waals surface area contributed by atoms with E-state index in [1.54, 1.807) is 0 Å². The van der Waals surface area contributed by atoms with Gasteiger partial charge in [-0.3, -0.25) is 4.79 Å². The number of carboxylic acid groups (broad SMARTS) is 1. The van der Waals surface area contributed by atoms with E-state index in [-0.39, 0.29) is 18.2 Å². The molecule has 3 N–H and O–H groups in total. The second kappa shape index (κ2) is 8.07. The highest BCUT2D eigenvalue weighted by Crippen LogP contribution is 1.95. The molecule has 0 aliphatic rings. The molecule has 0 rings (SSSR count). The molecular formula is C4H10ClNO2S. The predicted molar refractivity (Wildman–Crippen MR) is 41.3 cm³/mol. The maximum absolute atomic E-state index is 9.81. The number of hydrogen-bond donors (Lipinski definition) is 2. The average Bonchev–Trinajstić information content (AvgIpc) is 1.66. The lowest BCUT2D eigenvalue weighted by Gasteiger charge is -1.90. The average molecular weight is 172 g/mol. The first-order valence-electron chi connectivity index (χ1n) is 2.27. The summed E-state index contributed by atoms with van der Waals surface area (Å²) in [5.74, 6) is 0.118. The molecule has 0 aromatic rings. The van der Waals surface area contributed by atoms with Crippen LogP contribution in [0, 0.1) is 0 Å². The van der Waals surface area contributed by atoms with Gasteiger partial charge in [0.2, 0.25) is 0 Å². The second-order valence-electron chi connectivity index (χ2n) is 1.23. The molecule has 0 bridgehead atoms. The zero-order chi connectivity index (χ0) is 6.41. The summed E-state index contributed by atoms with van der Waals surface area (Å²) in [5.41, 5.74) is 5.10. The van der Waals surface area contributed by atoms with Crippen LogP contribution in [0.4, 0.5) is 0 Å². The zero-order valence-electron chi connectivity index (χ0n) is 4.87. The van der Waals surface area contributed by atoms with Crippen molar-refractivity contribution >= 4 is 30.1 Å². The van der Waals surface area contributed by atoms with Crippen molar-refractivity contribution in [2.75, 3.05) is 18.1 Å². The van der Waals surface area contributed by atoms with Crippen LogP contribution in [-0.4, -0.2) is 29.1 Å². The van der Waals surface area contributed by atoms with Crippen LogP contribution in [0.15, 0.2) is 0 Å². The van der Waals surface area contributed by atoms with Gasteiger partial charge in [-0.2, -0.15) is 0 Å². The highest BCUT2D eigenvalue weighted by molar-refractivity contribution is 7.99. The second-order valence-corrected chi connectivity index (χ2v) is 2.34. The van der Waals surface area contributed by atoms with Crippen molar-refractivity contribution in [1.29, 1.82) is 0 Å². The van der Waals surface area contributed by atoms with E-state index in [9.17, 15) is 4.79 Å². The normalized spacial score (nSPS) is 8.11. The smallest absolute Gasteiger partial charge is 0.313 e. The van der Waals surface area contributed by atoms with Crippen molar-refractivity contribution in [2.24, 2.45) is 5.73 Å². The summed E-state index contributed by atoms with van der Waals surface area (Å²) in [6.45, 7) is 0.554. The third-order valence-electron chi connectivity index (χ3n) is 0.488. The maximum Gasteiger partial charge on any atom is 0.313 e. The Morgan fingerprint density at radius 3 is 2.56 bits per heavy atom. The number of carbonyl (C=O) groups is 1. The molecule has 0 aliphatic carbocycles. The standard InChI is InChI=1S/C4H9NO2S.ClH/c5-1-2-8-3-4(6)7;/h1-3,5H2,(H,6,7);1H. The summed E-state index contributed by atoms with van der Waals surface area (Å²) in [6.07, 6.45) is 0. The Bertz CT molecular complexity index is 81.0. The first kappa shape index (κ1) is 11.8. The third-order valence-corrected chi connectivity index (χ3v) is 1.46. The number of hydrogen-bond acceptors (Lipinski definition) is 3. The van der Waals surface area contributed by atoms with Crippen LogP contribution in [0.1, 0.15) is 0 Å². The van der Waals surface area contributed by atoms with Gasteiger partial charge in [-0.25, -0.2) is 0 Å². The monoisotopic (exact) mass is 171 g/mol. The lowest BCUT2D eigenvalue weighted by atomic mass is 10.8. The first-order valence-corrected chi connectivity index (χ1v) is 3.42. The molecule has 5 heteroatoms. The summed E-state index contributed by atoms with van der Waals surface area (Å²) >= 11 is 1.34. The Morgan fingerprint density at radius 2 is 2.22 bits per heavy atom. The molecule has 0 spiro atoms. The van der Waals surface area contributed by atoms with Gasteiger partial charge in [0.1, 0.15) is 0 Å². The maximum atomic E-state index is 9.81. The fourth-order valence-electron chi connectivity index (χ4n) is 0.243. The van der Waals surface area contributed by atoms with Gasteiger partial charge in [-0.05, 0) is 0 Å². The summed E-state index contributed by atoms with van der Waals surface area (Å²) in [4.78, 5) is 9.81. The van der Waals surface area contributed by atoms with Crippen molar-refractivity contribution < 1.29 is 9.90 Å². The fraction of sp³-hybridized carbons (Fsp3) is 0.750. The SMILES string of the molecule is Cl.NCCSCC(=O)O. The fourth-order valence-corrected chi connectivity index (χ4v) is 0.728. The lowest BCUT2D eigenvalue weighted by Crippen LogP contribution is -2.05. The predicted octanol–water partition coefficient (Wildman–Crippen LogP) is 0.185. The molecule has 0 radical (unpaired) electrons. The van der Waals surface area contributed by atoms with E-state index in [0.717, 1.165) is 5.75 Å². The van der Waals surface area contributed by atoms with Crippen LogP contribution in [0.25, 0.3) is 0 Å². The van der Waals surface area contributed by atoms with Crippen LogP contribution >= 0.6 is 24.2 Å². The molecule has 0 atom stereocenters. The van der Waals surface area contributed by atoms with Gasteiger partial charge in [0.25, 0.3) is 0 Å². The van der Waals surface area contributed by atoms with Gasteiger partial charge in [0.15, 0.2) is 0 Å². The van der Waals surface area contributed by atoms with Crippen molar-refractivity contribution in [3.8, 4) is 0 Å².